The number of aliphatic carboxylic acids is 1. The van der Waals surface area contributed by atoms with Gasteiger partial charge in [-0.2, -0.15) is 0 Å². The number of aliphatic hydroxyl groups is 1. The standard InChI is InChI=1S/C16H13FO3/c17-13-8-4-7-12(11-5-2-1-3-6-11)16(13)14(18)9-10-15(19)20/h1-10,14,18H,(H,19,20)/b10-9+. The second-order valence-corrected chi connectivity index (χ2v) is 4.21. The van der Waals surface area contributed by atoms with Crippen LogP contribution < -0.4 is 0 Å². The molecule has 0 heterocycles. The van der Waals surface area contributed by atoms with Crippen LogP contribution >= 0.6 is 0 Å². The molecule has 0 aromatic heterocycles. The summed E-state index contributed by atoms with van der Waals surface area (Å²) in [5, 5.41) is 18.6. The lowest BCUT2D eigenvalue weighted by Gasteiger charge is -2.14. The van der Waals surface area contributed by atoms with Crippen LogP contribution in [0.1, 0.15) is 11.7 Å². The van der Waals surface area contributed by atoms with Gasteiger partial charge in [0.15, 0.2) is 0 Å². The Morgan fingerprint density at radius 1 is 1.10 bits per heavy atom. The number of aliphatic hydroxyl groups excluding tert-OH is 1. The van der Waals surface area contributed by atoms with E-state index in [1.165, 1.54) is 6.07 Å². The quantitative estimate of drug-likeness (QED) is 0.840. The summed E-state index contributed by atoms with van der Waals surface area (Å²) in [4.78, 5) is 10.5. The highest BCUT2D eigenvalue weighted by Crippen LogP contribution is 2.30. The molecule has 102 valence electrons. The second kappa shape index (κ2) is 6.12. The third kappa shape index (κ3) is 3.10. The Morgan fingerprint density at radius 3 is 2.45 bits per heavy atom. The molecule has 1 unspecified atom stereocenters. The molecule has 2 rings (SSSR count). The first-order chi connectivity index (χ1) is 9.59. The molecular weight excluding hydrogens is 259 g/mol. The zero-order valence-electron chi connectivity index (χ0n) is 10.5. The summed E-state index contributed by atoms with van der Waals surface area (Å²) in [6, 6.07) is 13.5. The van der Waals surface area contributed by atoms with Crippen LogP contribution in [0, 0.1) is 5.82 Å². The van der Waals surface area contributed by atoms with E-state index in [2.05, 4.69) is 0 Å². The van der Waals surface area contributed by atoms with Crippen molar-refractivity contribution in [2.24, 2.45) is 0 Å². The summed E-state index contributed by atoms with van der Waals surface area (Å²) in [5.41, 5.74) is 1.36. The van der Waals surface area contributed by atoms with Gasteiger partial charge in [-0.05, 0) is 23.3 Å². The van der Waals surface area contributed by atoms with E-state index >= 15 is 0 Å². The van der Waals surface area contributed by atoms with Gasteiger partial charge < -0.3 is 10.2 Å². The Hall–Kier alpha value is -2.46. The fourth-order valence-electron chi connectivity index (χ4n) is 1.98. The van der Waals surface area contributed by atoms with Gasteiger partial charge in [0.2, 0.25) is 0 Å². The maximum Gasteiger partial charge on any atom is 0.328 e. The van der Waals surface area contributed by atoms with Crippen LogP contribution in [0.3, 0.4) is 0 Å². The average Bonchev–Trinajstić information content (AvgIpc) is 2.45. The Morgan fingerprint density at radius 2 is 1.80 bits per heavy atom. The molecule has 0 fully saturated rings. The number of carboxylic acid groups (broad SMARTS) is 1. The minimum absolute atomic E-state index is 0.0659. The molecular formula is C16H13FO3. The maximum absolute atomic E-state index is 14.0. The number of carboxylic acids is 1. The van der Waals surface area contributed by atoms with Crippen molar-refractivity contribution < 1.29 is 19.4 Å². The molecule has 0 amide bonds. The highest BCUT2D eigenvalue weighted by atomic mass is 19.1. The van der Waals surface area contributed by atoms with Gasteiger partial charge in [0.05, 0.1) is 0 Å². The summed E-state index contributed by atoms with van der Waals surface area (Å²) >= 11 is 0. The highest BCUT2D eigenvalue weighted by Gasteiger charge is 2.16. The number of halogens is 1. The Bertz CT molecular complexity index is 635. The van der Waals surface area contributed by atoms with Crippen molar-refractivity contribution in [3.63, 3.8) is 0 Å². The number of hydrogen-bond donors (Lipinski definition) is 2. The van der Waals surface area contributed by atoms with Gasteiger partial charge in [-0.15, -0.1) is 0 Å². The Balaban J connectivity index is 2.49. The van der Waals surface area contributed by atoms with Gasteiger partial charge in [0.1, 0.15) is 11.9 Å². The van der Waals surface area contributed by atoms with Gasteiger partial charge in [-0.3, -0.25) is 0 Å². The minimum Gasteiger partial charge on any atom is -0.478 e. The third-order valence-electron chi connectivity index (χ3n) is 2.85. The van der Waals surface area contributed by atoms with Crippen molar-refractivity contribution in [3.05, 3.63) is 72.1 Å². The van der Waals surface area contributed by atoms with Crippen molar-refractivity contribution in [2.45, 2.75) is 6.10 Å². The van der Waals surface area contributed by atoms with Crippen LogP contribution in [-0.2, 0) is 4.79 Å². The first-order valence-electron chi connectivity index (χ1n) is 6.02. The van der Waals surface area contributed by atoms with Gasteiger partial charge in [-0.1, -0.05) is 42.5 Å². The number of hydrogen-bond acceptors (Lipinski definition) is 2. The molecule has 0 saturated heterocycles. The van der Waals surface area contributed by atoms with E-state index in [0.29, 0.717) is 5.56 Å². The molecule has 0 bridgehead atoms. The lowest BCUT2D eigenvalue weighted by Crippen LogP contribution is -2.02. The normalized spacial score (nSPS) is 12.5. The van der Waals surface area contributed by atoms with Crippen molar-refractivity contribution in [2.75, 3.05) is 0 Å². The molecule has 1 atom stereocenters. The molecule has 3 nitrogen and oxygen atoms in total. The van der Waals surface area contributed by atoms with Crippen molar-refractivity contribution in [1.29, 1.82) is 0 Å². The molecule has 0 aliphatic carbocycles. The van der Waals surface area contributed by atoms with E-state index < -0.39 is 17.9 Å². The summed E-state index contributed by atoms with van der Waals surface area (Å²) in [6.45, 7) is 0. The maximum atomic E-state index is 14.0. The zero-order valence-corrected chi connectivity index (χ0v) is 10.5. The van der Waals surface area contributed by atoms with Gasteiger partial charge in [-0.25, -0.2) is 9.18 Å². The van der Waals surface area contributed by atoms with Crippen molar-refractivity contribution in [1.82, 2.24) is 0 Å². The molecule has 20 heavy (non-hydrogen) atoms. The van der Waals surface area contributed by atoms with Crippen LogP contribution in [0.2, 0.25) is 0 Å². The average molecular weight is 272 g/mol. The van der Waals surface area contributed by atoms with Crippen LogP contribution in [0.25, 0.3) is 11.1 Å². The predicted octanol–water partition coefficient (Wildman–Crippen LogP) is 3.17. The second-order valence-electron chi connectivity index (χ2n) is 4.21. The molecule has 0 saturated carbocycles. The fraction of sp³-hybridized carbons (Fsp3) is 0.0625. The molecule has 0 spiro atoms. The predicted molar refractivity (Wildman–Crippen MR) is 73.6 cm³/mol. The molecule has 2 aromatic carbocycles. The molecule has 2 N–H and O–H groups in total. The number of benzene rings is 2. The summed E-state index contributed by atoms with van der Waals surface area (Å²) < 4.78 is 14.0. The molecule has 4 heteroatoms. The fourth-order valence-corrected chi connectivity index (χ4v) is 1.98. The largest absolute Gasteiger partial charge is 0.478 e. The first kappa shape index (κ1) is 14.0. The van der Waals surface area contributed by atoms with E-state index in [-0.39, 0.29) is 5.56 Å². The van der Waals surface area contributed by atoms with Gasteiger partial charge in [0, 0.05) is 11.6 Å². The van der Waals surface area contributed by atoms with Crippen LogP contribution in [0.5, 0.6) is 0 Å². The van der Waals surface area contributed by atoms with Gasteiger partial charge >= 0.3 is 5.97 Å². The van der Waals surface area contributed by atoms with Crippen LogP contribution in [0.15, 0.2) is 60.7 Å². The lowest BCUT2D eigenvalue weighted by atomic mass is 9.95. The minimum atomic E-state index is -1.32. The third-order valence-corrected chi connectivity index (χ3v) is 2.85. The van der Waals surface area contributed by atoms with Crippen molar-refractivity contribution >= 4 is 5.97 Å². The smallest absolute Gasteiger partial charge is 0.328 e. The monoisotopic (exact) mass is 272 g/mol. The molecule has 0 aliphatic rings. The summed E-state index contributed by atoms with van der Waals surface area (Å²) in [6.07, 6.45) is 0.529. The first-order valence-corrected chi connectivity index (χ1v) is 6.02. The van der Waals surface area contributed by atoms with Crippen LogP contribution in [-0.4, -0.2) is 16.2 Å². The number of carbonyl (C=O) groups is 1. The topological polar surface area (TPSA) is 57.5 Å². The van der Waals surface area contributed by atoms with E-state index in [0.717, 1.165) is 17.7 Å². The van der Waals surface area contributed by atoms with E-state index in [1.807, 2.05) is 18.2 Å². The zero-order chi connectivity index (χ0) is 14.5. The van der Waals surface area contributed by atoms with Gasteiger partial charge in [0.25, 0.3) is 0 Å². The molecule has 0 aliphatic heterocycles. The van der Waals surface area contributed by atoms with Crippen molar-refractivity contribution in [3.8, 4) is 11.1 Å². The summed E-state index contributed by atoms with van der Waals surface area (Å²) in [5.74, 6) is -1.77. The van der Waals surface area contributed by atoms with E-state index in [1.54, 1.807) is 24.3 Å². The molecule has 2 aromatic rings. The van der Waals surface area contributed by atoms with E-state index in [4.69, 9.17) is 5.11 Å². The Kier molecular flexibility index (Phi) is 4.27. The van der Waals surface area contributed by atoms with Crippen LogP contribution in [0.4, 0.5) is 4.39 Å². The number of rotatable bonds is 4. The SMILES string of the molecule is O=C(O)/C=C/C(O)c1c(F)cccc1-c1ccccc1. The van der Waals surface area contributed by atoms with E-state index in [9.17, 15) is 14.3 Å². The lowest BCUT2D eigenvalue weighted by molar-refractivity contribution is -0.131. The summed E-state index contributed by atoms with van der Waals surface area (Å²) in [7, 11) is 0. The highest BCUT2D eigenvalue weighted by molar-refractivity contribution is 5.80. The Labute approximate surface area is 115 Å². The molecule has 0 radical (unpaired) electrons.